The number of likely N-dealkylation sites (N-methyl/N-ethyl adjacent to an activating group) is 1. The second kappa shape index (κ2) is 8.05. The van der Waals surface area contributed by atoms with Gasteiger partial charge in [-0.05, 0) is 37.1 Å². The lowest BCUT2D eigenvalue weighted by atomic mass is 10.1. The van der Waals surface area contributed by atoms with Gasteiger partial charge >= 0.3 is 6.18 Å². The monoisotopic (exact) mass is 450 g/mol. The summed E-state index contributed by atoms with van der Waals surface area (Å²) in [5.74, 6) is -0.383. The molecule has 164 valence electrons. The Balaban J connectivity index is 1.68. The average Bonchev–Trinajstić information content (AvgIpc) is 3.11. The third-order valence-corrected chi connectivity index (χ3v) is 6.66. The van der Waals surface area contributed by atoms with Gasteiger partial charge in [0.05, 0.1) is 16.1 Å². The number of ether oxygens (including phenoxy) is 1. The van der Waals surface area contributed by atoms with Crippen molar-refractivity contribution in [3.63, 3.8) is 0 Å². The molecule has 31 heavy (non-hydrogen) atoms. The van der Waals surface area contributed by atoms with Crippen LogP contribution in [0.25, 0.3) is 10.8 Å². The number of rotatable bonds is 5. The van der Waals surface area contributed by atoms with Crippen LogP contribution >= 0.6 is 0 Å². The van der Waals surface area contributed by atoms with Gasteiger partial charge in [-0.25, -0.2) is 8.42 Å². The molecular weight excluding hydrogens is 429 g/mol. The quantitative estimate of drug-likeness (QED) is 0.610. The van der Waals surface area contributed by atoms with E-state index in [-0.39, 0.29) is 16.3 Å². The summed E-state index contributed by atoms with van der Waals surface area (Å²) >= 11 is 0. The summed E-state index contributed by atoms with van der Waals surface area (Å²) in [6.45, 7) is 1.22. The third-order valence-electron chi connectivity index (χ3n) is 5.22. The van der Waals surface area contributed by atoms with E-state index in [0.717, 1.165) is 30.1 Å². The highest BCUT2D eigenvalue weighted by Gasteiger charge is 2.36. The molecule has 0 saturated carbocycles. The van der Waals surface area contributed by atoms with Gasteiger partial charge in [-0.1, -0.05) is 36.4 Å². The van der Waals surface area contributed by atoms with Crippen LogP contribution in [0.15, 0.2) is 65.6 Å². The first kappa shape index (κ1) is 21.5. The first-order valence-corrected chi connectivity index (χ1v) is 11.2. The molecule has 5 nitrogen and oxygen atoms in total. The van der Waals surface area contributed by atoms with Crippen molar-refractivity contribution in [2.75, 3.05) is 24.9 Å². The van der Waals surface area contributed by atoms with Gasteiger partial charge in [-0.3, -0.25) is 4.72 Å². The number of benzene rings is 3. The normalized spacial score (nSPS) is 17.7. The Morgan fingerprint density at radius 3 is 2.52 bits per heavy atom. The average molecular weight is 450 g/mol. The lowest BCUT2D eigenvalue weighted by Gasteiger charge is -2.19. The molecule has 1 saturated heterocycles. The SMILES string of the molecule is CN1CC[C@H](Oc2cc(NS(=O)(=O)c3cccc4ccccc34)ccc2C(F)(F)F)C1. The minimum Gasteiger partial charge on any atom is -0.488 e. The Morgan fingerprint density at radius 2 is 1.81 bits per heavy atom. The Hall–Kier alpha value is -2.78. The molecule has 0 spiro atoms. The molecule has 0 amide bonds. The minimum absolute atomic E-state index is 0.00212. The third kappa shape index (κ3) is 4.62. The van der Waals surface area contributed by atoms with Gasteiger partial charge in [0.2, 0.25) is 0 Å². The van der Waals surface area contributed by atoms with E-state index in [1.807, 2.05) is 11.9 Å². The first-order valence-electron chi connectivity index (χ1n) is 9.70. The largest absolute Gasteiger partial charge is 0.488 e. The molecule has 3 aromatic rings. The van der Waals surface area contributed by atoms with Crippen LogP contribution in [0.3, 0.4) is 0 Å². The van der Waals surface area contributed by atoms with Crippen molar-refractivity contribution in [2.24, 2.45) is 0 Å². The molecule has 0 radical (unpaired) electrons. The number of hydrogen-bond donors (Lipinski definition) is 1. The molecule has 1 atom stereocenters. The number of halogens is 3. The molecule has 0 aromatic heterocycles. The molecule has 1 N–H and O–H groups in total. The van der Waals surface area contributed by atoms with Gasteiger partial charge in [0.15, 0.2) is 0 Å². The van der Waals surface area contributed by atoms with Crippen LogP contribution in [0.4, 0.5) is 18.9 Å². The molecule has 0 unspecified atom stereocenters. The number of hydrogen-bond acceptors (Lipinski definition) is 4. The molecule has 0 bridgehead atoms. The molecule has 1 fully saturated rings. The molecule has 1 heterocycles. The molecule has 1 aliphatic heterocycles. The van der Waals surface area contributed by atoms with Crippen molar-refractivity contribution in [3.05, 3.63) is 66.2 Å². The van der Waals surface area contributed by atoms with Crippen LogP contribution < -0.4 is 9.46 Å². The summed E-state index contributed by atoms with van der Waals surface area (Å²) in [7, 11) is -2.17. The number of fused-ring (bicyclic) bond motifs is 1. The summed E-state index contributed by atoms with van der Waals surface area (Å²) in [5, 5.41) is 1.27. The van der Waals surface area contributed by atoms with E-state index < -0.39 is 27.9 Å². The van der Waals surface area contributed by atoms with Crippen molar-refractivity contribution < 1.29 is 26.3 Å². The zero-order chi connectivity index (χ0) is 22.2. The Bertz CT molecular complexity index is 1210. The van der Waals surface area contributed by atoms with Crippen LogP contribution in [0, 0.1) is 0 Å². The summed E-state index contributed by atoms with van der Waals surface area (Å²) in [6.07, 6.45) is -4.41. The van der Waals surface area contributed by atoms with E-state index in [0.29, 0.717) is 18.4 Å². The highest BCUT2D eigenvalue weighted by atomic mass is 32.2. The Kier molecular flexibility index (Phi) is 5.57. The van der Waals surface area contributed by atoms with E-state index in [2.05, 4.69) is 4.72 Å². The van der Waals surface area contributed by atoms with Gasteiger partial charge in [0, 0.05) is 24.5 Å². The van der Waals surface area contributed by atoms with Crippen LogP contribution in [-0.2, 0) is 16.2 Å². The number of anilines is 1. The van der Waals surface area contributed by atoms with Crippen molar-refractivity contribution in [1.82, 2.24) is 4.90 Å². The number of alkyl halides is 3. The number of likely N-dealkylation sites (tertiary alicyclic amines) is 1. The first-order chi connectivity index (χ1) is 14.6. The zero-order valence-corrected chi connectivity index (χ0v) is 17.5. The summed E-state index contributed by atoms with van der Waals surface area (Å²) < 4.78 is 74.5. The van der Waals surface area contributed by atoms with E-state index in [1.165, 1.54) is 6.07 Å². The second-order valence-electron chi connectivity index (χ2n) is 7.58. The highest BCUT2D eigenvalue weighted by molar-refractivity contribution is 7.93. The maximum atomic E-state index is 13.5. The van der Waals surface area contributed by atoms with Gasteiger partial charge in [0.1, 0.15) is 11.9 Å². The Morgan fingerprint density at radius 1 is 1.06 bits per heavy atom. The van der Waals surface area contributed by atoms with Crippen LogP contribution in [-0.4, -0.2) is 39.6 Å². The van der Waals surface area contributed by atoms with Crippen LogP contribution in [0.1, 0.15) is 12.0 Å². The molecule has 3 aromatic carbocycles. The maximum absolute atomic E-state index is 13.5. The van der Waals surface area contributed by atoms with Crippen molar-refractivity contribution in [2.45, 2.75) is 23.6 Å². The van der Waals surface area contributed by atoms with E-state index in [1.54, 1.807) is 36.4 Å². The second-order valence-corrected chi connectivity index (χ2v) is 9.23. The molecule has 4 rings (SSSR count). The van der Waals surface area contributed by atoms with Gasteiger partial charge in [-0.2, -0.15) is 13.2 Å². The minimum atomic E-state index is -4.62. The smallest absolute Gasteiger partial charge is 0.419 e. The summed E-state index contributed by atoms with van der Waals surface area (Å²) in [4.78, 5) is 2.01. The standard InChI is InChI=1S/C22H21F3N2O3S/c1-27-12-11-17(14-27)30-20-13-16(9-10-19(20)22(23,24)25)26-31(28,29)21-8-4-6-15-5-2-3-7-18(15)21/h2-10,13,17,26H,11-12,14H2,1H3/t17-/m0/s1. The van der Waals surface area contributed by atoms with Crippen molar-refractivity contribution in [1.29, 1.82) is 0 Å². The fourth-order valence-corrected chi connectivity index (χ4v) is 5.01. The number of nitrogens with one attached hydrogen (secondary N) is 1. The predicted octanol–water partition coefficient (Wildman–Crippen LogP) is 4.74. The fraction of sp³-hybridized carbons (Fsp3) is 0.273. The molecule has 1 aliphatic rings. The van der Waals surface area contributed by atoms with Crippen LogP contribution in [0.2, 0.25) is 0 Å². The van der Waals surface area contributed by atoms with Crippen LogP contribution in [0.5, 0.6) is 5.75 Å². The van der Waals surface area contributed by atoms with E-state index in [4.69, 9.17) is 4.74 Å². The van der Waals surface area contributed by atoms with Gasteiger partial charge in [-0.15, -0.1) is 0 Å². The number of sulfonamides is 1. The maximum Gasteiger partial charge on any atom is 0.419 e. The lowest BCUT2D eigenvalue weighted by molar-refractivity contribution is -0.139. The fourth-order valence-electron chi connectivity index (χ4n) is 3.73. The topological polar surface area (TPSA) is 58.6 Å². The highest BCUT2D eigenvalue weighted by Crippen LogP contribution is 2.39. The molecule has 0 aliphatic carbocycles. The summed E-state index contributed by atoms with van der Waals surface area (Å²) in [5.41, 5.74) is -0.933. The van der Waals surface area contributed by atoms with Gasteiger partial charge in [0.25, 0.3) is 10.0 Å². The molecule has 9 heteroatoms. The lowest BCUT2D eigenvalue weighted by Crippen LogP contribution is -2.23. The predicted molar refractivity (Wildman–Crippen MR) is 113 cm³/mol. The van der Waals surface area contributed by atoms with Gasteiger partial charge < -0.3 is 9.64 Å². The molecular formula is C22H21F3N2O3S. The van der Waals surface area contributed by atoms with E-state index in [9.17, 15) is 21.6 Å². The summed E-state index contributed by atoms with van der Waals surface area (Å²) in [6, 6.07) is 14.9. The van der Waals surface area contributed by atoms with Crippen molar-refractivity contribution in [3.8, 4) is 5.75 Å². The Labute approximate surface area is 178 Å². The van der Waals surface area contributed by atoms with Crippen molar-refractivity contribution >= 4 is 26.5 Å². The number of nitrogens with zero attached hydrogens (tertiary/aromatic N) is 1. The van der Waals surface area contributed by atoms with E-state index >= 15 is 0 Å². The zero-order valence-electron chi connectivity index (χ0n) is 16.7.